The molecule has 0 aromatic carbocycles. The molecule has 3 nitrogen and oxygen atoms in total. The minimum Gasteiger partial charge on any atom is -0.396 e. The molecule has 0 heterocycles. The Morgan fingerprint density at radius 2 is 1.82 bits per heavy atom. The zero-order valence-corrected chi connectivity index (χ0v) is 10.4. The minimum atomic E-state index is 0.279. The van der Waals surface area contributed by atoms with Crippen LogP contribution in [0.25, 0.3) is 0 Å². The first-order valence-electron chi connectivity index (χ1n) is 7.16. The third kappa shape index (κ3) is 2.35. The molecule has 4 unspecified atom stereocenters. The molecule has 3 aliphatic carbocycles. The Bertz CT molecular complexity index is 295. The molecule has 3 aliphatic rings. The minimum absolute atomic E-state index is 0.279. The van der Waals surface area contributed by atoms with Gasteiger partial charge >= 0.3 is 0 Å². The molecule has 0 aromatic heterocycles. The van der Waals surface area contributed by atoms with E-state index in [4.69, 9.17) is 0 Å². The summed E-state index contributed by atoms with van der Waals surface area (Å²) in [5, 5.41) is 12.4. The van der Waals surface area contributed by atoms with Gasteiger partial charge < -0.3 is 10.4 Å². The number of rotatable bonds is 4. The van der Waals surface area contributed by atoms with E-state index in [1.807, 2.05) is 0 Å². The van der Waals surface area contributed by atoms with Gasteiger partial charge in [0.05, 0.1) is 0 Å². The number of nitrogens with one attached hydrogen (secondary N) is 1. The second kappa shape index (κ2) is 4.60. The Labute approximate surface area is 103 Å². The normalized spacial score (nSPS) is 43.5. The Morgan fingerprint density at radius 1 is 1.12 bits per heavy atom. The molecule has 0 bridgehead atoms. The number of carbonyl (C=O) groups excluding carboxylic acids is 1. The summed E-state index contributed by atoms with van der Waals surface area (Å²) in [5.41, 5.74) is 0. The van der Waals surface area contributed by atoms with E-state index >= 15 is 0 Å². The predicted molar refractivity (Wildman–Crippen MR) is 65.2 cm³/mol. The molecule has 3 saturated carbocycles. The lowest BCUT2D eigenvalue weighted by Gasteiger charge is -2.19. The van der Waals surface area contributed by atoms with Crippen LogP contribution in [0.2, 0.25) is 0 Å². The fourth-order valence-corrected chi connectivity index (χ4v) is 3.93. The van der Waals surface area contributed by atoms with Crippen LogP contribution in [0.5, 0.6) is 0 Å². The van der Waals surface area contributed by atoms with Crippen molar-refractivity contribution >= 4 is 5.91 Å². The average molecular weight is 237 g/mol. The third-order valence-corrected chi connectivity index (χ3v) is 5.20. The quantitative estimate of drug-likeness (QED) is 0.779. The van der Waals surface area contributed by atoms with Crippen molar-refractivity contribution in [3.05, 3.63) is 0 Å². The zero-order chi connectivity index (χ0) is 11.8. The summed E-state index contributed by atoms with van der Waals surface area (Å²) in [5.74, 6) is 3.27. The van der Waals surface area contributed by atoms with Gasteiger partial charge in [-0.2, -0.15) is 0 Å². The van der Waals surface area contributed by atoms with Gasteiger partial charge in [0.25, 0.3) is 0 Å². The lowest BCUT2D eigenvalue weighted by atomic mass is 9.96. The number of hydrogen-bond acceptors (Lipinski definition) is 2. The van der Waals surface area contributed by atoms with E-state index in [-0.39, 0.29) is 12.5 Å². The van der Waals surface area contributed by atoms with Crippen LogP contribution in [-0.4, -0.2) is 24.2 Å². The van der Waals surface area contributed by atoms with Crippen LogP contribution < -0.4 is 5.32 Å². The molecule has 3 rings (SSSR count). The Balaban J connectivity index is 1.42. The van der Waals surface area contributed by atoms with Crippen molar-refractivity contribution in [3.8, 4) is 0 Å². The lowest BCUT2D eigenvalue weighted by molar-refractivity contribution is -0.125. The standard InChI is InChI=1S/C14H23NO2/c16-8-10-3-1-2-9(10)7-15-14(17)13-5-11-4-12(11)6-13/h9-13,16H,1-8H2,(H,15,17). The Morgan fingerprint density at radius 3 is 2.53 bits per heavy atom. The van der Waals surface area contributed by atoms with E-state index in [9.17, 15) is 9.90 Å². The highest BCUT2D eigenvalue weighted by atomic mass is 16.3. The van der Waals surface area contributed by atoms with Crippen LogP contribution in [0.3, 0.4) is 0 Å². The Kier molecular flexibility index (Phi) is 3.12. The van der Waals surface area contributed by atoms with Crippen LogP contribution in [0, 0.1) is 29.6 Å². The number of aliphatic hydroxyl groups is 1. The molecule has 3 fully saturated rings. The molecule has 0 aromatic rings. The summed E-state index contributed by atoms with van der Waals surface area (Å²) >= 11 is 0. The summed E-state index contributed by atoms with van der Waals surface area (Å²) in [7, 11) is 0. The van der Waals surface area contributed by atoms with Gasteiger partial charge in [-0.1, -0.05) is 6.42 Å². The van der Waals surface area contributed by atoms with Gasteiger partial charge in [-0.3, -0.25) is 4.79 Å². The van der Waals surface area contributed by atoms with Crippen LogP contribution in [0.1, 0.15) is 38.5 Å². The fourth-order valence-electron chi connectivity index (χ4n) is 3.93. The molecular weight excluding hydrogens is 214 g/mol. The Hall–Kier alpha value is -0.570. The summed E-state index contributed by atoms with van der Waals surface area (Å²) in [6.07, 6.45) is 7.14. The van der Waals surface area contributed by atoms with Crippen LogP contribution in [0.4, 0.5) is 0 Å². The first kappa shape index (κ1) is 11.5. The van der Waals surface area contributed by atoms with Crippen molar-refractivity contribution in [2.75, 3.05) is 13.2 Å². The summed E-state index contributed by atoms with van der Waals surface area (Å²) < 4.78 is 0. The maximum Gasteiger partial charge on any atom is 0.223 e. The maximum absolute atomic E-state index is 12.0. The molecular formula is C14H23NO2. The number of fused-ring (bicyclic) bond motifs is 1. The highest BCUT2D eigenvalue weighted by molar-refractivity contribution is 5.79. The topological polar surface area (TPSA) is 49.3 Å². The maximum atomic E-state index is 12.0. The lowest BCUT2D eigenvalue weighted by Crippen LogP contribution is -2.35. The van der Waals surface area contributed by atoms with Crippen molar-refractivity contribution in [1.29, 1.82) is 0 Å². The summed E-state index contributed by atoms with van der Waals surface area (Å²) in [6.45, 7) is 1.07. The smallest absolute Gasteiger partial charge is 0.223 e. The molecule has 0 spiro atoms. The SMILES string of the molecule is O=C(NCC1CCCC1CO)C1CC2CC2C1. The number of aliphatic hydroxyl groups excluding tert-OH is 1. The highest BCUT2D eigenvalue weighted by Crippen LogP contribution is 2.54. The van der Waals surface area contributed by atoms with Gasteiger partial charge in [0, 0.05) is 19.1 Å². The van der Waals surface area contributed by atoms with E-state index in [0.717, 1.165) is 37.6 Å². The van der Waals surface area contributed by atoms with E-state index in [2.05, 4.69) is 5.32 Å². The summed E-state index contributed by atoms with van der Waals surface area (Å²) in [6, 6.07) is 0. The van der Waals surface area contributed by atoms with Gasteiger partial charge in [-0.15, -0.1) is 0 Å². The molecule has 17 heavy (non-hydrogen) atoms. The predicted octanol–water partition coefficient (Wildman–Crippen LogP) is 1.56. The first-order valence-corrected chi connectivity index (χ1v) is 7.16. The highest BCUT2D eigenvalue weighted by Gasteiger charge is 2.48. The van der Waals surface area contributed by atoms with Gasteiger partial charge in [-0.05, 0) is 55.8 Å². The molecule has 2 N–H and O–H groups in total. The van der Waals surface area contributed by atoms with Crippen molar-refractivity contribution < 1.29 is 9.90 Å². The van der Waals surface area contributed by atoms with Crippen molar-refractivity contribution in [2.45, 2.75) is 38.5 Å². The molecule has 0 aliphatic heterocycles. The van der Waals surface area contributed by atoms with E-state index in [1.54, 1.807) is 0 Å². The third-order valence-electron chi connectivity index (χ3n) is 5.20. The molecule has 0 saturated heterocycles. The van der Waals surface area contributed by atoms with Crippen LogP contribution in [-0.2, 0) is 4.79 Å². The van der Waals surface area contributed by atoms with Gasteiger partial charge in [0.15, 0.2) is 0 Å². The van der Waals surface area contributed by atoms with E-state index < -0.39 is 0 Å². The molecule has 4 atom stereocenters. The number of amides is 1. The largest absolute Gasteiger partial charge is 0.396 e. The zero-order valence-electron chi connectivity index (χ0n) is 10.4. The monoisotopic (exact) mass is 237 g/mol. The molecule has 3 heteroatoms. The van der Waals surface area contributed by atoms with Crippen LogP contribution in [0.15, 0.2) is 0 Å². The fraction of sp³-hybridized carbons (Fsp3) is 0.929. The van der Waals surface area contributed by atoms with Crippen molar-refractivity contribution in [3.63, 3.8) is 0 Å². The summed E-state index contributed by atoms with van der Waals surface area (Å²) in [4.78, 5) is 12.0. The average Bonchev–Trinajstić information content (AvgIpc) is 2.81. The first-order chi connectivity index (χ1) is 8.28. The van der Waals surface area contributed by atoms with Crippen molar-refractivity contribution in [1.82, 2.24) is 5.32 Å². The van der Waals surface area contributed by atoms with Gasteiger partial charge in [0.2, 0.25) is 5.91 Å². The number of hydrogen-bond donors (Lipinski definition) is 2. The molecule has 96 valence electrons. The molecule has 0 radical (unpaired) electrons. The van der Waals surface area contributed by atoms with Gasteiger partial charge in [0.1, 0.15) is 0 Å². The number of carbonyl (C=O) groups is 1. The second-order valence-electron chi connectivity index (χ2n) is 6.30. The van der Waals surface area contributed by atoms with E-state index in [1.165, 1.54) is 19.3 Å². The van der Waals surface area contributed by atoms with Gasteiger partial charge in [-0.25, -0.2) is 0 Å². The van der Waals surface area contributed by atoms with E-state index in [0.29, 0.717) is 17.8 Å². The van der Waals surface area contributed by atoms with Crippen molar-refractivity contribution in [2.24, 2.45) is 29.6 Å². The second-order valence-corrected chi connectivity index (χ2v) is 6.30. The van der Waals surface area contributed by atoms with Crippen LogP contribution >= 0.6 is 0 Å². The molecule has 1 amide bonds.